The van der Waals surface area contributed by atoms with Crippen LogP contribution in [0.25, 0.3) is 0 Å². The minimum Gasteiger partial charge on any atom is -0.379 e. The van der Waals surface area contributed by atoms with E-state index in [4.69, 9.17) is 4.74 Å². The molecule has 0 saturated carbocycles. The third-order valence-electron chi connectivity index (χ3n) is 5.77. The maximum Gasteiger partial charge on any atom is 0.0594 e. The molecular weight excluding hydrogens is 346 g/mol. The molecule has 28 heavy (non-hydrogen) atoms. The number of nitrogens with zero attached hydrogens (tertiary/aromatic N) is 3. The Morgan fingerprint density at radius 2 is 0.750 bits per heavy atom. The number of piperidine rings is 1. The Balaban J connectivity index is 0. The molecule has 0 aliphatic carbocycles. The molecule has 3 aliphatic heterocycles. The maximum atomic E-state index is 5.21. The van der Waals surface area contributed by atoms with Crippen LogP contribution in [0.15, 0.2) is 0 Å². The molecule has 0 spiro atoms. The second-order valence-corrected chi connectivity index (χ2v) is 8.77. The summed E-state index contributed by atoms with van der Waals surface area (Å²) >= 11 is 0. The van der Waals surface area contributed by atoms with Crippen LogP contribution in [0.5, 0.6) is 0 Å². The van der Waals surface area contributed by atoms with Gasteiger partial charge in [0, 0.05) is 31.2 Å². The van der Waals surface area contributed by atoms with Crippen molar-refractivity contribution in [3.63, 3.8) is 0 Å². The largest absolute Gasteiger partial charge is 0.379 e. The van der Waals surface area contributed by atoms with Crippen LogP contribution in [0, 0.1) is 0 Å². The smallest absolute Gasteiger partial charge is 0.0594 e. The van der Waals surface area contributed by atoms with Crippen molar-refractivity contribution in [3.05, 3.63) is 0 Å². The Kier molecular flexibility index (Phi) is 19.0. The SMILES string of the molecule is C.C.CC(C)N1CCCC1.CC(C)N1CCCCC1.CC(C)N1CCOCC1. The van der Waals surface area contributed by atoms with Gasteiger partial charge in [0.15, 0.2) is 0 Å². The van der Waals surface area contributed by atoms with E-state index >= 15 is 0 Å². The summed E-state index contributed by atoms with van der Waals surface area (Å²) in [5.41, 5.74) is 0. The van der Waals surface area contributed by atoms with Crippen molar-refractivity contribution in [2.75, 3.05) is 52.5 Å². The van der Waals surface area contributed by atoms with Gasteiger partial charge in [0.25, 0.3) is 0 Å². The van der Waals surface area contributed by atoms with E-state index in [1.165, 1.54) is 58.3 Å². The van der Waals surface area contributed by atoms with E-state index in [0.29, 0.717) is 6.04 Å². The summed E-state index contributed by atoms with van der Waals surface area (Å²) in [6.45, 7) is 22.9. The standard InChI is InChI=1S/C8H17N.C7H15NO.C7H15N.2CH4/c1-8(2)9-6-4-3-5-7-9;1-7(2)8-3-5-9-6-4-8;1-7(2)8-5-3-4-6-8;;/h8H,3-7H2,1-2H3;7H,3-6H2,1-2H3;7H,3-6H2,1-2H3;2*1H4. The lowest BCUT2D eigenvalue weighted by Gasteiger charge is -2.29. The third-order valence-corrected chi connectivity index (χ3v) is 5.77. The molecule has 3 saturated heterocycles. The molecule has 4 nitrogen and oxygen atoms in total. The highest BCUT2D eigenvalue weighted by molar-refractivity contribution is 4.69. The van der Waals surface area contributed by atoms with Gasteiger partial charge in [0.05, 0.1) is 13.2 Å². The van der Waals surface area contributed by atoms with Crippen LogP contribution < -0.4 is 0 Å². The molecule has 0 bridgehead atoms. The molecule has 3 fully saturated rings. The van der Waals surface area contributed by atoms with Crippen LogP contribution in [-0.4, -0.2) is 85.3 Å². The predicted molar refractivity (Wildman–Crippen MR) is 127 cm³/mol. The highest BCUT2D eigenvalue weighted by atomic mass is 16.5. The molecule has 0 aromatic rings. The number of likely N-dealkylation sites (tertiary alicyclic amines) is 2. The summed E-state index contributed by atoms with van der Waals surface area (Å²) in [5.74, 6) is 0. The van der Waals surface area contributed by atoms with E-state index in [1.54, 1.807) is 0 Å². The average molecular weight is 402 g/mol. The fourth-order valence-corrected chi connectivity index (χ4v) is 3.79. The Hall–Kier alpha value is -0.160. The van der Waals surface area contributed by atoms with Gasteiger partial charge in [-0.25, -0.2) is 0 Å². The Labute approximate surface area is 179 Å². The summed E-state index contributed by atoms with van der Waals surface area (Å²) in [6, 6.07) is 2.23. The highest BCUT2D eigenvalue weighted by Crippen LogP contribution is 2.11. The lowest BCUT2D eigenvalue weighted by molar-refractivity contribution is 0.0238. The van der Waals surface area contributed by atoms with Crippen LogP contribution in [0.4, 0.5) is 0 Å². The van der Waals surface area contributed by atoms with Crippen LogP contribution in [-0.2, 0) is 4.74 Å². The van der Waals surface area contributed by atoms with Gasteiger partial charge >= 0.3 is 0 Å². The summed E-state index contributed by atoms with van der Waals surface area (Å²) < 4.78 is 5.21. The zero-order valence-corrected chi connectivity index (χ0v) is 18.7. The van der Waals surface area contributed by atoms with Crippen molar-refractivity contribution in [3.8, 4) is 0 Å². The van der Waals surface area contributed by atoms with E-state index < -0.39 is 0 Å². The molecule has 0 unspecified atom stereocenters. The number of morpholine rings is 1. The molecule has 0 amide bonds. The van der Waals surface area contributed by atoms with Crippen molar-refractivity contribution in [1.29, 1.82) is 0 Å². The molecule has 0 atom stereocenters. The number of ether oxygens (including phenoxy) is 1. The predicted octanol–water partition coefficient (Wildman–Crippen LogP) is 5.37. The molecule has 3 aliphatic rings. The van der Waals surface area contributed by atoms with Crippen LogP contribution in [0.2, 0.25) is 0 Å². The van der Waals surface area contributed by atoms with E-state index in [-0.39, 0.29) is 14.9 Å². The lowest BCUT2D eigenvalue weighted by atomic mass is 10.1. The fourth-order valence-electron chi connectivity index (χ4n) is 3.79. The third kappa shape index (κ3) is 13.1. The first kappa shape index (κ1) is 30.0. The van der Waals surface area contributed by atoms with Gasteiger partial charge in [0.2, 0.25) is 0 Å². The zero-order valence-electron chi connectivity index (χ0n) is 18.7. The Morgan fingerprint density at radius 3 is 1.00 bits per heavy atom. The van der Waals surface area contributed by atoms with Gasteiger partial charge in [-0.2, -0.15) is 0 Å². The topological polar surface area (TPSA) is 19.0 Å². The molecular formula is C24H55N3O. The van der Waals surface area contributed by atoms with Crippen LogP contribution in [0.3, 0.4) is 0 Å². The van der Waals surface area contributed by atoms with Gasteiger partial charge < -0.3 is 14.5 Å². The van der Waals surface area contributed by atoms with E-state index in [9.17, 15) is 0 Å². The average Bonchev–Trinajstić information content (AvgIpc) is 3.19. The van der Waals surface area contributed by atoms with Gasteiger partial charge in [-0.3, -0.25) is 4.90 Å². The van der Waals surface area contributed by atoms with E-state index in [1.807, 2.05) is 0 Å². The van der Waals surface area contributed by atoms with Gasteiger partial charge in [0.1, 0.15) is 0 Å². The summed E-state index contributed by atoms with van der Waals surface area (Å²) in [7, 11) is 0. The van der Waals surface area contributed by atoms with Crippen molar-refractivity contribution >= 4 is 0 Å². The minimum atomic E-state index is 0. The Bertz CT molecular complexity index is 294. The van der Waals surface area contributed by atoms with Crippen molar-refractivity contribution < 1.29 is 4.74 Å². The second kappa shape index (κ2) is 17.7. The summed E-state index contributed by atoms with van der Waals surface area (Å²) in [4.78, 5) is 7.52. The number of hydrogen-bond donors (Lipinski definition) is 0. The molecule has 0 N–H and O–H groups in total. The number of rotatable bonds is 3. The zero-order chi connectivity index (χ0) is 19.4. The maximum absolute atomic E-state index is 5.21. The quantitative estimate of drug-likeness (QED) is 0.632. The first-order valence-corrected chi connectivity index (χ1v) is 11.2. The highest BCUT2D eigenvalue weighted by Gasteiger charge is 2.13. The molecule has 0 radical (unpaired) electrons. The number of hydrogen-bond acceptors (Lipinski definition) is 4. The van der Waals surface area contributed by atoms with E-state index in [0.717, 1.165) is 38.4 Å². The van der Waals surface area contributed by atoms with Gasteiger partial charge in [-0.1, -0.05) is 21.3 Å². The lowest BCUT2D eigenvalue weighted by Crippen LogP contribution is -2.40. The van der Waals surface area contributed by atoms with E-state index in [2.05, 4.69) is 56.2 Å². The molecule has 4 heteroatoms. The molecule has 3 rings (SSSR count). The minimum absolute atomic E-state index is 0. The van der Waals surface area contributed by atoms with Gasteiger partial charge in [-0.05, 0) is 93.4 Å². The van der Waals surface area contributed by atoms with Crippen LogP contribution in [0.1, 0.15) is 88.5 Å². The summed E-state index contributed by atoms with van der Waals surface area (Å²) in [6.07, 6.45) is 7.11. The summed E-state index contributed by atoms with van der Waals surface area (Å²) in [5, 5.41) is 0. The first-order chi connectivity index (χ1) is 12.4. The Morgan fingerprint density at radius 1 is 0.464 bits per heavy atom. The second-order valence-electron chi connectivity index (χ2n) is 8.77. The van der Waals surface area contributed by atoms with Crippen LogP contribution >= 0.6 is 0 Å². The van der Waals surface area contributed by atoms with Crippen molar-refractivity contribution in [2.24, 2.45) is 0 Å². The van der Waals surface area contributed by atoms with Gasteiger partial charge in [-0.15, -0.1) is 0 Å². The monoisotopic (exact) mass is 401 g/mol. The molecule has 3 heterocycles. The normalized spacial score (nSPS) is 21.3. The molecule has 0 aromatic heterocycles. The van der Waals surface area contributed by atoms with Crippen molar-refractivity contribution in [2.45, 2.75) is 107 Å². The molecule has 172 valence electrons. The van der Waals surface area contributed by atoms with Crippen molar-refractivity contribution in [1.82, 2.24) is 14.7 Å². The molecule has 0 aromatic carbocycles. The first-order valence-electron chi connectivity index (χ1n) is 11.2. The fraction of sp³-hybridized carbons (Fsp3) is 1.00.